The quantitative estimate of drug-likeness (QED) is 0.414. The number of aromatic amines is 1. The predicted molar refractivity (Wildman–Crippen MR) is 94.3 cm³/mol. The highest BCUT2D eigenvalue weighted by Crippen LogP contribution is 2.26. The molecule has 3 aromatic rings. The number of ketones is 1. The van der Waals surface area contributed by atoms with Crippen molar-refractivity contribution in [3.8, 4) is 11.4 Å². The van der Waals surface area contributed by atoms with Gasteiger partial charge in [-0.3, -0.25) is 24.8 Å². The minimum atomic E-state index is -0.688. The molecule has 1 aromatic heterocycles. The summed E-state index contributed by atoms with van der Waals surface area (Å²) in [5.41, 5.74) is -0.805. The SMILES string of the molecule is Cc1[nH]n(-c2ccc(Cl)c([N+](=O)[O-])c2)c(=O)c1C(=O)c1ccccc1O. The number of benzene rings is 2. The minimum Gasteiger partial charge on any atom is -0.507 e. The lowest BCUT2D eigenvalue weighted by atomic mass is 10.0. The maximum absolute atomic E-state index is 12.7. The normalized spacial score (nSPS) is 10.7. The fraction of sp³-hybridized carbons (Fsp3) is 0.0588. The Morgan fingerprint density at radius 3 is 2.62 bits per heavy atom. The van der Waals surface area contributed by atoms with Gasteiger partial charge in [-0.15, -0.1) is 0 Å². The molecule has 0 bridgehead atoms. The van der Waals surface area contributed by atoms with Crippen LogP contribution in [0.3, 0.4) is 0 Å². The van der Waals surface area contributed by atoms with Crippen molar-refractivity contribution in [2.45, 2.75) is 6.92 Å². The molecule has 0 saturated carbocycles. The number of phenols is 1. The van der Waals surface area contributed by atoms with Gasteiger partial charge in [-0.2, -0.15) is 0 Å². The number of H-pyrrole nitrogens is 1. The molecule has 26 heavy (non-hydrogen) atoms. The van der Waals surface area contributed by atoms with Crippen molar-refractivity contribution >= 4 is 23.1 Å². The van der Waals surface area contributed by atoms with Gasteiger partial charge in [0, 0.05) is 11.8 Å². The van der Waals surface area contributed by atoms with Gasteiger partial charge in [0.05, 0.1) is 16.2 Å². The van der Waals surface area contributed by atoms with Gasteiger partial charge in [-0.1, -0.05) is 23.7 Å². The summed E-state index contributed by atoms with van der Waals surface area (Å²) in [5, 5.41) is 23.5. The summed E-state index contributed by atoms with van der Waals surface area (Å²) in [6.45, 7) is 1.52. The first-order valence-corrected chi connectivity index (χ1v) is 7.77. The van der Waals surface area contributed by atoms with Crippen LogP contribution in [0.2, 0.25) is 5.02 Å². The summed E-state index contributed by atoms with van der Waals surface area (Å²) in [4.78, 5) is 35.7. The van der Waals surface area contributed by atoms with Crippen LogP contribution >= 0.6 is 11.6 Å². The lowest BCUT2D eigenvalue weighted by Gasteiger charge is -2.02. The van der Waals surface area contributed by atoms with E-state index in [-0.39, 0.29) is 39.0 Å². The lowest BCUT2D eigenvalue weighted by molar-refractivity contribution is -0.384. The van der Waals surface area contributed by atoms with Crippen LogP contribution in [0.25, 0.3) is 5.69 Å². The van der Waals surface area contributed by atoms with Crippen molar-refractivity contribution in [1.29, 1.82) is 0 Å². The number of para-hydroxylation sites is 1. The molecule has 0 aliphatic rings. The Morgan fingerprint density at radius 1 is 1.27 bits per heavy atom. The zero-order valence-corrected chi connectivity index (χ0v) is 14.1. The molecule has 0 aliphatic heterocycles. The molecule has 0 saturated heterocycles. The van der Waals surface area contributed by atoms with Crippen molar-refractivity contribution in [1.82, 2.24) is 9.78 Å². The van der Waals surface area contributed by atoms with E-state index in [9.17, 15) is 24.8 Å². The molecule has 0 aliphatic carbocycles. The van der Waals surface area contributed by atoms with E-state index in [1.165, 1.54) is 31.2 Å². The minimum absolute atomic E-state index is 0.0130. The van der Waals surface area contributed by atoms with Crippen LogP contribution in [-0.4, -0.2) is 25.6 Å². The standard InChI is InChI=1S/C17H12ClN3O5/c1-9-15(16(23)11-4-2-3-5-14(11)22)17(24)20(19-9)10-6-7-12(18)13(8-10)21(25)26/h2-8,19,22H,1H3. The summed E-state index contributed by atoms with van der Waals surface area (Å²) in [7, 11) is 0. The van der Waals surface area contributed by atoms with Crippen LogP contribution in [0.5, 0.6) is 5.75 Å². The number of phenolic OH excluding ortho intramolecular Hbond substituents is 1. The Morgan fingerprint density at radius 2 is 1.96 bits per heavy atom. The van der Waals surface area contributed by atoms with E-state index in [1.54, 1.807) is 12.1 Å². The molecule has 2 aromatic carbocycles. The third kappa shape index (κ3) is 2.86. The van der Waals surface area contributed by atoms with Crippen molar-refractivity contribution in [2.75, 3.05) is 0 Å². The van der Waals surface area contributed by atoms with Crippen LogP contribution in [0.1, 0.15) is 21.6 Å². The maximum atomic E-state index is 12.7. The van der Waals surface area contributed by atoms with Crippen LogP contribution in [-0.2, 0) is 0 Å². The number of hydrogen-bond acceptors (Lipinski definition) is 5. The first-order valence-electron chi connectivity index (χ1n) is 7.40. The topological polar surface area (TPSA) is 118 Å². The number of aryl methyl sites for hydroxylation is 1. The van der Waals surface area contributed by atoms with E-state index in [0.717, 1.165) is 10.7 Å². The molecule has 0 radical (unpaired) electrons. The van der Waals surface area contributed by atoms with E-state index < -0.39 is 16.3 Å². The first kappa shape index (κ1) is 17.4. The largest absolute Gasteiger partial charge is 0.507 e. The maximum Gasteiger partial charge on any atom is 0.290 e. The highest BCUT2D eigenvalue weighted by Gasteiger charge is 2.24. The molecule has 0 unspecified atom stereocenters. The second-order valence-electron chi connectivity index (χ2n) is 5.49. The lowest BCUT2D eigenvalue weighted by Crippen LogP contribution is -2.21. The summed E-state index contributed by atoms with van der Waals surface area (Å²) in [5.74, 6) is -0.893. The Labute approximate surface area is 151 Å². The fourth-order valence-corrected chi connectivity index (χ4v) is 2.76. The first-order chi connectivity index (χ1) is 12.3. The van der Waals surface area contributed by atoms with Crippen molar-refractivity contribution in [2.24, 2.45) is 0 Å². The third-order valence-corrected chi connectivity index (χ3v) is 4.15. The van der Waals surface area contributed by atoms with Gasteiger partial charge in [0.25, 0.3) is 11.2 Å². The molecule has 0 amide bonds. The Kier molecular flexibility index (Phi) is 4.35. The number of hydrogen-bond donors (Lipinski definition) is 2. The molecule has 0 atom stereocenters. The van der Waals surface area contributed by atoms with Crippen LogP contribution in [0.15, 0.2) is 47.3 Å². The van der Waals surface area contributed by atoms with Crippen LogP contribution in [0, 0.1) is 17.0 Å². The highest BCUT2D eigenvalue weighted by atomic mass is 35.5. The van der Waals surface area contributed by atoms with Gasteiger partial charge in [0.1, 0.15) is 16.3 Å². The second kappa shape index (κ2) is 6.49. The predicted octanol–water partition coefficient (Wildman–Crippen LogP) is 2.97. The number of aromatic nitrogens is 2. The third-order valence-electron chi connectivity index (χ3n) is 3.83. The number of halogens is 1. The van der Waals surface area contributed by atoms with Crippen molar-refractivity contribution in [3.63, 3.8) is 0 Å². The van der Waals surface area contributed by atoms with Gasteiger partial charge < -0.3 is 5.11 Å². The molecule has 1 heterocycles. The zero-order chi connectivity index (χ0) is 19.0. The average Bonchev–Trinajstić information content (AvgIpc) is 2.89. The van der Waals surface area contributed by atoms with Crippen LogP contribution < -0.4 is 5.56 Å². The highest BCUT2D eigenvalue weighted by molar-refractivity contribution is 6.32. The van der Waals surface area contributed by atoms with E-state index in [2.05, 4.69) is 5.10 Å². The number of nitrogens with zero attached hydrogens (tertiary/aromatic N) is 2. The van der Waals surface area contributed by atoms with Gasteiger partial charge in [0.2, 0.25) is 5.78 Å². The molecule has 8 nitrogen and oxygen atoms in total. The summed E-state index contributed by atoms with van der Waals surface area (Å²) in [6, 6.07) is 9.71. The molecule has 3 rings (SSSR count). The van der Waals surface area contributed by atoms with Crippen molar-refractivity contribution < 1.29 is 14.8 Å². The number of nitro benzene ring substituents is 1. The molecular weight excluding hydrogens is 362 g/mol. The van der Waals surface area contributed by atoms with Gasteiger partial charge in [0.15, 0.2) is 0 Å². The van der Waals surface area contributed by atoms with E-state index in [4.69, 9.17) is 11.6 Å². The number of carbonyl (C=O) groups excluding carboxylic acids is 1. The molecule has 0 fully saturated rings. The van der Waals surface area contributed by atoms with Crippen LogP contribution in [0.4, 0.5) is 5.69 Å². The zero-order valence-electron chi connectivity index (χ0n) is 13.4. The monoisotopic (exact) mass is 373 g/mol. The summed E-state index contributed by atoms with van der Waals surface area (Å²) >= 11 is 5.78. The summed E-state index contributed by atoms with van der Waals surface area (Å²) < 4.78 is 1.02. The number of rotatable bonds is 4. The molecule has 2 N–H and O–H groups in total. The molecule has 132 valence electrons. The van der Waals surface area contributed by atoms with E-state index in [0.29, 0.717) is 0 Å². The Bertz CT molecular complexity index is 1100. The second-order valence-corrected chi connectivity index (χ2v) is 5.90. The fourth-order valence-electron chi connectivity index (χ4n) is 2.58. The average molecular weight is 374 g/mol. The number of carbonyl (C=O) groups is 1. The van der Waals surface area contributed by atoms with Crippen molar-refractivity contribution in [3.05, 3.63) is 84.8 Å². The van der Waals surface area contributed by atoms with E-state index >= 15 is 0 Å². The number of nitro groups is 1. The van der Waals surface area contributed by atoms with Gasteiger partial charge in [-0.05, 0) is 31.2 Å². The summed E-state index contributed by atoms with van der Waals surface area (Å²) in [6.07, 6.45) is 0. The number of nitrogens with one attached hydrogen (secondary N) is 1. The molecule has 9 heteroatoms. The van der Waals surface area contributed by atoms with Gasteiger partial charge >= 0.3 is 0 Å². The Balaban J connectivity index is 2.14. The Hall–Kier alpha value is -3.39. The molecular formula is C17H12ClN3O5. The number of aromatic hydroxyl groups is 1. The smallest absolute Gasteiger partial charge is 0.290 e. The molecule has 0 spiro atoms. The van der Waals surface area contributed by atoms with E-state index in [1.807, 2.05) is 0 Å². The van der Waals surface area contributed by atoms with Gasteiger partial charge in [-0.25, -0.2) is 4.68 Å².